The van der Waals surface area contributed by atoms with Crippen LogP contribution in [0.3, 0.4) is 0 Å². The Kier molecular flexibility index (Phi) is 4.85. The summed E-state index contributed by atoms with van der Waals surface area (Å²) in [5.74, 6) is 1.57. The molecular weight excluding hydrogens is 414 g/mol. The zero-order valence-electron chi connectivity index (χ0n) is 20.1. The van der Waals surface area contributed by atoms with Crippen LogP contribution in [0.5, 0.6) is 0 Å². The number of hydrogen-bond acceptors (Lipinski definition) is 4. The summed E-state index contributed by atoms with van der Waals surface area (Å²) in [6, 6.07) is 8.32. The molecule has 3 atom stereocenters. The van der Waals surface area contributed by atoms with Crippen LogP contribution >= 0.6 is 0 Å². The molecule has 3 unspecified atom stereocenters. The summed E-state index contributed by atoms with van der Waals surface area (Å²) < 4.78 is 5.73. The second kappa shape index (κ2) is 7.46. The lowest BCUT2D eigenvalue weighted by Gasteiger charge is -2.59. The number of ether oxygens (including phenoxy) is 1. The van der Waals surface area contributed by atoms with Crippen molar-refractivity contribution >= 4 is 17.5 Å². The topological polar surface area (TPSA) is 61.9 Å². The molecule has 1 aromatic rings. The first-order chi connectivity index (χ1) is 15.8. The van der Waals surface area contributed by atoms with Crippen molar-refractivity contribution in [3.05, 3.63) is 29.8 Å². The van der Waals surface area contributed by atoms with Crippen LogP contribution in [0.1, 0.15) is 70.8 Å². The summed E-state index contributed by atoms with van der Waals surface area (Å²) in [5, 5.41) is 7.41. The number of benzene rings is 1. The Morgan fingerprint density at radius 3 is 2.45 bits per heavy atom. The number of carbonyl (C=O) groups excluding carboxylic acids is 2. The number of carbonyl (C=O) groups is 2. The molecule has 0 bridgehead atoms. The lowest BCUT2D eigenvalue weighted by molar-refractivity contribution is -0.138. The molecule has 0 aromatic heterocycles. The molecule has 3 saturated heterocycles. The van der Waals surface area contributed by atoms with E-state index in [2.05, 4.69) is 48.4 Å². The van der Waals surface area contributed by atoms with Crippen LogP contribution in [0, 0.1) is 17.3 Å². The lowest BCUT2D eigenvalue weighted by Crippen LogP contribution is -2.73. The maximum Gasteiger partial charge on any atom is 0.242 e. The number of hydrazine groups is 1. The van der Waals surface area contributed by atoms with Crippen molar-refractivity contribution in [1.82, 2.24) is 10.3 Å². The van der Waals surface area contributed by atoms with Gasteiger partial charge in [-0.2, -0.15) is 0 Å². The van der Waals surface area contributed by atoms with Gasteiger partial charge >= 0.3 is 0 Å². The van der Waals surface area contributed by atoms with Crippen LogP contribution in [-0.4, -0.2) is 48.7 Å². The Labute approximate surface area is 197 Å². The maximum absolute atomic E-state index is 13.4. The number of fused-ring (bicyclic) bond motifs is 1. The smallest absolute Gasteiger partial charge is 0.242 e. The van der Waals surface area contributed by atoms with E-state index < -0.39 is 5.41 Å². The highest BCUT2D eigenvalue weighted by atomic mass is 16.5. The fourth-order valence-corrected chi connectivity index (χ4v) is 7.03. The quantitative estimate of drug-likeness (QED) is 0.715. The van der Waals surface area contributed by atoms with Crippen LogP contribution in [0.25, 0.3) is 0 Å². The van der Waals surface area contributed by atoms with Crippen molar-refractivity contribution in [3.8, 4) is 0 Å². The Balaban J connectivity index is 1.18. The standard InChI is InChI=1S/C27H37N3O3/c1-25(11-4-12-25)16-28-24(32)27(13-14-33-18-27)20-7-9-21(10-8-20)29-17-26(2)22(19-5-3-6-19)15-23(31)30(26)29/h7-10,19,22H,3-6,11-18H2,1-2H3,(H,28,32). The molecule has 5 aliphatic rings. The third-order valence-electron chi connectivity index (χ3n) is 9.75. The van der Waals surface area contributed by atoms with Crippen molar-refractivity contribution in [1.29, 1.82) is 0 Å². The van der Waals surface area contributed by atoms with Gasteiger partial charge in [0.25, 0.3) is 0 Å². The highest BCUT2D eigenvalue weighted by Gasteiger charge is 2.62. The molecule has 5 fully saturated rings. The minimum Gasteiger partial charge on any atom is -0.380 e. The van der Waals surface area contributed by atoms with E-state index in [-0.39, 0.29) is 22.8 Å². The van der Waals surface area contributed by atoms with E-state index in [0.29, 0.717) is 32.0 Å². The Morgan fingerprint density at radius 1 is 1.12 bits per heavy atom. The lowest BCUT2D eigenvalue weighted by atomic mass is 9.67. The first-order valence-electron chi connectivity index (χ1n) is 12.9. The summed E-state index contributed by atoms with van der Waals surface area (Å²) in [4.78, 5) is 26.2. The third kappa shape index (κ3) is 3.16. The predicted molar refractivity (Wildman–Crippen MR) is 127 cm³/mol. The third-order valence-corrected chi connectivity index (χ3v) is 9.75. The van der Waals surface area contributed by atoms with Gasteiger partial charge in [0.1, 0.15) is 0 Å². The molecule has 2 aliphatic carbocycles. The van der Waals surface area contributed by atoms with Crippen LogP contribution < -0.4 is 10.3 Å². The molecule has 0 spiro atoms. The van der Waals surface area contributed by atoms with Gasteiger partial charge in [0.2, 0.25) is 11.8 Å². The first-order valence-corrected chi connectivity index (χ1v) is 12.9. The Hall–Kier alpha value is -2.08. The summed E-state index contributed by atoms with van der Waals surface area (Å²) in [6.07, 6.45) is 8.92. The van der Waals surface area contributed by atoms with Gasteiger partial charge in [0, 0.05) is 19.6 Å². The minimum atomic E-state index is -0.610. The fourth-order valence-electron chi connectivity index (χ4n) is 7.03. The van der Waals surface area contributed by atoms with E-state index in [4.69, 9.17) is 4.74 Å². The van der Waals surface area contributed by atoms with Crippen molar-refractivity contribution in [3.63, 3.8) is 0 Å². The average Bonchev–Trinajstić information content (AvgIpc) is 3.29. The largest absolute Gasteiger partial charge is 0.380 e. The van der Waals surface area contributed by atoms with Crippen molar-refractivity contribution in [2.24, 2.45) is 17.3 Å². The second-order valence-electron chi connectivity index (χ2n) is 11.9. The molecule has 6 rings (SSSR count). The van der Waals surface area contributed by atoms with Gasteiger partial charge < -0.3 is 10.1 Å². The molecule has 178 valence electrons. The molecular formula is C27H37N3O3. The van der Waals surface area contributed by atoms with Crippen molar-refractivity contribution in [2.75, 3.05) is 31.3 Å². The number of nitrogens with zero attached hydrogens (tertiary/aromatic N) is 2. The zero-order valence-corrected chi connectivity index (χ0v) is 20.1. The van der Waals surface area contributed by atoms with E-state index in [1.165, 1.54) is 38.5 Å². The number of amides is 2. The van der Waals surface area contributed by atoms with Gasteiger partial charge in [-0.3, -0.25) is 14.6 Å². The summed E-state index contributed by atoms with van der Waals surface area (Å²) >= 11 is 0. The minimum absolute atomic E-state index is 0.0289. The van der Waals surface area contributed by atoms with E-state index in [9.17, 15) is 9.59 Å². The van der Waals surface area contributed by atoms with Crippen LogP contribution in [-0.2, 0) is 19.7 Å². The number of anilines is 1. The number of rotatable bonds is 6. The molecule has 3 heterocycles. The molecule has 6 heteroatoms. The molecule has 1 aromatic carbocycles. The van der Waals surface area contributed by atoms with Gasteiger partial charge in [-0.1, -0.05) is 44.7 Å². The van der Waals surface area contributed by atoms with Crippen LogP contribution in [0.4, 0.5) is 5.69 Å². The van der Waals surface area contributed by atoms with Gasteiger partial charge in [-0.15, -0.1) is 0 Å². The van der Waals surface area contributed by atoms with Crippen LogP contribution in [0.15, 0.2) is 24.3 Å². The normalized spacial score (nSPS) is 35.0. The highest BCUT2D eigenvalue weighted by molar-refractivity contribution is 5.89. The fraction of sp³-hybridized carbons (Fsp3) is 0.704. The van der Waals surface area contributed by atoms with Gasteiger partial charge in [-0.05, 0) is 61.1 Å². The molecule has 33 heavy (non-hydrogen) atoms. The van der Waals surface area contributed by atoms with Gasteiger partial charge in [0.05, 0.1) is 29.8 Å². The number of nitrogens with one attached hydrogen (secondary N) is 1. The molecule has 3 aliphatic heterocycles. The molecule has 6 nitrogen and oxygen atoms in total. The van der Waals surface area contributed by atoms with E-state index in [1.807, 2.05) is 5.01 Å². The predicted octanol–water partition coefficient (Wildman–Crippen LogP) is 3.79. The second-order valence-corrected chi connectivity index (χ2v) is 11.9. The van der Waals surface area contributed by atoms with E-state index in [0.717, 1.165) is 30.3 Å². The SMILES string of the molecule is CC1(CNC(=O)C2(c3ccc(N4CC5(C)C(C6CCC6)CC(=O)N45)cc3)CCOC2)CCC1. The Morgan fingerprint density at radius 2 is 1.88 bits per heavy atom. The average molecular weight is 452 g/mol. The van der Waals surface area contributed by atoms with Gasteiger partial charge in [-0.25, -0.2) is 5.01 Å². The zero-order chi connectivity index (χ0) is 22.8. The summed E-state index contributed by atoms with van der Waals surface area (Å²) in [7, 11) is 0. The first kappa shape index (κ1) is 21.5. The maximum atomic E-state index is 13.4. The van der Waals surface area contributed by atoms with Crippen molar-refractivity contribution < 1.29 is 14.3 Å². The summed E-state index contributed by atoms with van der Waals surface area (Å²) in [6.45, 7) is 7.22. The highest BCUT2D eigenvalue weighted by Crippen LogP contribution is 2.53. The molecule has 1 N–H and O–H groups in total. The van der Waals surface area contributed by atoms with Crippen molar-refractivity contribution in [2.45, 2.75) is 76.2 Å². The number of hydrogen-bond donors (Lipinski definition) is 1. The monoisotopic (exact) mass is 451 g/mol. The van der Waals surface area contributed by atoms with E-state index in [1.54, 1.807) is 0 Å². The summed E-state index contributed by atoms with van der Waals surface area (Å²) in [5.41, 5.74) is 1.67. The van der Waals surface area contributed by atoms with Crippen LogP contribution in [0.2, 0.25) is 0 Å². The van der Waals surface area contributed by atoms with Gasteiger partial charge in [0.15, 0.2) is 0 Å². The molecule has 2 amide bonds. The van der Waals surface area contributed by atoms with E-state index >= 15 is 0 Å². The Bertz CT molecular complexity index is 946. The molecule has 2 saturated carbocycles. The molecule has 0 radical (unpaired) electrons.